The molecule has 4 nitrogen and oxygen atoms in total. The summed E-state index contributed by atoms with van der Waals surface area (Å²) in [4.78, 5) is 26.1. The molecule has 2 amide bonds. The van der Waals surface area contributed by atoms with Gasteiger partial charge in [-0.1, -0.05) is 20.3 Å². The van der Waals surface area contributed by atoms with Crippen molar-refractivity contribution < 1.29 is 9.59 Å². The van der Waals surface area contributed by atoms with E-state index in [-0.39, 0.29) is 29.7 Å². The van der Waals surface area contributed by atoms with Crippen LogP contribution in [0.4, 0.5) is 0 Å². The van der Waals surface area contributed by atoms with Crippen molar-refractivity contribution in [1.82, 2.24) is 4.90 Å². The SMILES string of the molecule is CCC(N)CCCN1C(=O)C2CC(CC)CC2C1=O. The van der Waals surface area contributed by atoms with Gasteiger partial charge in [-0.25, -0.2) is 0 Å². The van der Waals surface area contributed by atoms with E-state index < -0.39 is 0 Å². The zero-order valence-electron chi connectivity index (χ0n) is 12.1. The van der Waals surface area contributed by atoms with E-state index in [0.29, 0.717) is 12.5 Å². The highest BCUT2D eigenvalue weighted by Crippen LogP contribution is 2.44. The molecule has 1 aliphatic carbocycles. The second-order valence-electron chi connectivity index (χ2n) is 6.10. The third-order valence-corrected chi connectivity index (χ3v) is 4.89. The molecule has 1 saturated carbocycles. The fraction of sp³-hybridized carbons (Fsp3) is 0.867. The van der Waals surface area contributed by atoms with Crippen LogP contribution in [-0.4, -0.2) is 29.3 Å². The first-order valence-corrected chi connectivity index (χ1v) is 7.69. The smallest absolute Gasteiger partial charge is 0.233 e. The summed E-state index contributed by atoms with van der Waals surface area (Å²) in [6.45, 7) is 4.77. The van der Waals surface area contributed by atoms with Crippen molar-refractivity contribution >= 4 is 11.8 Å². The van der Waals surface area contributed by atoms with Crippen LogP contribution in [0, 0.1) is 17.8 Å². The summed E-state index contributed by atoms with van der Waals surface area (Å²) in [7, 11) is 0. The Morgan fingerprint density at radius 3 is 2.26 bits per heavy atom. The average molecular weight is 266 g/mol. The van der Waals surface area contributed by atoms with Crippen LogP contribution in [0.1, 0.15) is 52.4 Å². The van der Waals surface area contributed by atoms with Crippen LogP contribution in [0.25, 0.3) is 0 Å². The highest BCUT2D eigenvalue weighted by molar-refractivity contribution is 6.05. The number of fused-ring (bicyclic) bond motifs is 1. The first kappa shape index (κ1) is 14.5. The predicted octanol–water partition coefficient (Wildman–Crippen LogP) is 1.93. The van der Waals surface area contributed by atoms with Gasteiger partial charge in [0.15, 0.2) is 0 Å². The second-order valence-corrected chi connectivity index (χ2v) is 6.10. The van der Waals surface area contributed by atoms with Crippen molar-refractivity contribution in [3.8, 4) is 0 Å². The van der Waals surface area contributed by atoms with Crippen molar-refractivity contribution in [2.24, 2.45) is 23.5 Å². The molecule has 0 radical (unpaired) electrons. The number of imide groups is 1. The van der Waals surface area contributed by atoms with E-state index >= 15 is 0 Å². The second kappa shape index (κ2) is 6.04. The molecule has 3 atom stereocenters. The Labute approximate surface area is 115 Å². The monoisotopic (exact) mass is 266 g/mol. The van der Waals surface area contributed by atoms with Gasteiger partial charge in [0.25, 0.3) is 0 Å². The summed E-state index contributed by atoms with van der Waals surface area (Å²) in [6, 6.07) is 0.191. The van der Waals surface area contributed by atoms with Crippen LogP contribution in [0.5, 0.6) is 0 Å². The van der Waals surface area contributed by atoms with Crippen molar-refractivity contribution in [2.45, 2.75) is 58.4 Å². The maximum atomic E-state index is 12.3. The molecule has 2 fully saturated rings. The van der Waals surface area contributed by atoms with E-state index in [1.165, 1.54) is 4.90 Å². The summed E-state index contributed by atoms with van der Waals surface area (Å²) >= 11 is 0. The van der Waals surface area contributed by atoms with Gasteiger partial charge in [0.1, 0.15) is 0 Å². The van der Waals surface area contributed by atoms with Crippen LogP contribution >= 0.6 is 0 Å². The summed E-state index contributed by atoms with van der Waals surface area (Å²) < 4.78 is 0. The lowest BCUT2D eigenvalue weighted by molar-refractivity contribution is -0.140. The Bertz CT molecular complexity index is 332. The molecule has 3 unspecified atom stereocenters. The largest absolute Gasteiger partial charge is 0.328 e. The van der Waals surface area contributed by atoms with Crippen molar-refractivity contribution in [1.29, 1.82) is 0 Å². The molecule has 1 heterocycles. The number of hydrogen-bond acceptors (Lipinski definition) is 3. The molecule has 0 bridgehead atoms. The lowest BCUT2D eigenvalue weighted by Crippen LogP contribution is -2.34. The van der Waals surface area contributed by atoms with Gasteiger partial charge in [0.2, 0.25) is 11.8 Å². The summed E-state index contributed by atoms with van der Waals surface area (Å²) in [5, 5.41) is 0. The van der Waals surface area contributed by atoms with Gasteiger partial charge in [-0.2, -0.15) is 0 Å². The molecule has 2 aliphatic rings. The number of rotatable bonds is 6. The van der Waals surface area contributed by atoms with Gasteiger partial charge in [-0.3, -0.25) is 14.5 Å². The van der Waals surface area contributed by atoms with Crippen molar-refractivity contribution in [3.05, 3.63) is 0 Å². The molecule has 0 aromatic rings. The molecule has 0 aromatic heterocycles. The van der Waals surface area contributed by atoms with Gasteiger partial charge >= 0.3 is 0 Å². The Kier molecular flexibility index (Phi) is 4.61. The number of carbonyl (C=O) groups excluding carboxylic acids is 2. The van der Waals surface area contributed by atoms with E-state index in [9.17, 15) is 9.59 Å². The fourth-order valence-electron chi connectivity index (χ4n) is 3.47. The summed E-state index contributed by atoms with van der Waals surface area (Å²) in [6.07, 6.45) is 5.58. The van der Waals surface area contributed by atoms with Crippen LogP contribution in [0.15, 0.2) is 0 Å². The fourth-order valence-corrected chi connectivity index (χ4v) is 3.47. The van der Waals surface area contributed by atoms with Crippen LogP contribution in [-0.2, 0) is 9.59 Å². The summed E-state index contributed by atoms with van der Waals surface area (Å²) in [5.74, 6) is 0.695. The minimum Gasteiger partial charge on any atom is -0.328 e. The normalized spacial score (nSPS) is 31.9. The molecule has 0 aromatic carbocycles. The molecule has 4 heteroatoms. The molecule has 2 N–H and O–H groups in total. The average Bonchev–Trinajstić information content (AvgIpc) is 2.93. The third-order valence-electron chi connectivity index (χ3n) is 4.89. The molecular weight excluding hydrogens is 240 g/mol. The van der Waals surface area contributed by atoms with E-state index in [0.717, 1.165) is 38.5 Å². The number of amides is 2. The highest BCUT2D eigenvalue weighted by atomic mass is 16.2. The molecule has 19 heavy (non-hydrogen) atoms. The van der Waals surface area contributed by atoms with Gasteiger partial charge in [-0.05, 0) is 38.0 Å². The zero-order chi connectivity index (χ0) is 14.0. The van der Waals surface area contributed by atoms with Gasteiger partial charge in [0, 0.05) is 12.6 Å². The topological polar surface area (TPSA) is 63.4 Å². The van der Waals surface area contributed by atoms with E-state index in [4.69, 9.17) is 5.73 Å². The van der Waals surface area contributed by atoms with E-state index in [1.54, 1.807) is 0 Å². The summed E-state index contributed by atoms with van der Waals surface area (Å²) in [5.41, 5.74) is 5.87. The number of hydrogen-bond donors (Lipinski definition) is 1. The highest BCUT2D eigenvalue weighted by Gasteiger charge is 2.51. The third kappa shape index (κ3) is 2.83. The number of nitrogens with two attached hydrogens (primary N) is 1. The lowest BCUT2D eigenvalue weighted by atomic mass is 10.00. The Morgan fingerprint density at radius 1 is 1.21 bits per heavy atom. The maximum Gasteiger partial charge on any atom is 0.233 e. The van der Waals surface area contributed by atoms with Gasteiger partial charge in [-0.15, -0.1) is 0 Å². The molecule has 1 aliphatic heterocycles. The standard InChI is InChI=1S/C15H26N2O2/c1-3-10-8-12-13(9-10)15(19)17(14(12)18)7-5-6-11(16)4-2/h10-13H,3-9,16H2,1-2H3. The first-order chi connectivity index (χ1) is 9.08. The Balaban J connectivity index is 1.88. The molecular formula is C15H26N2O2. The quantitative estimate of drug-likeness (QED) is 0.747. The molecule has 1 saturated heterocycles. The predicted molar refractivity (Wildman–Crippen MR) is 74.2 cm³/mol. The number of nitrogens with zero attached hydrogens (tertiary/aromatic N) is 1. The lowest BCUT2D eigenvalue weighted by Gasteiger charge is -2.18. The molecule has 2 rings (SSSR count). The van der Waals surface area contributed by atoms with Crippen molar-refractivity contribution in [2.75, 3.05) is 6.54 Å². The van der Waals surface area contributed by atoms with Crippen molar-refractivity contribution in [3.63, 3.8) is 0 Å². The number of carbonyl (C=O) groups is 2. The minimum atomic E-state index is -0.0164. The van der Waals surface area contributed by atoms with Gasteiger partial charge < -0.3 is 5.73 Å². The van der Waals surface area contributed by atoms with Crippen LogP contribution < -0.4 is 5.73 Å². The Hall–Kier alpha value is -0.900. The Morgan fingerprint density at radius 2 is 1.79 bits per heavy atom. The zero-order valence-corrected chi connectivity index (χ0v) is 12.1. The van der Waals surface area contributed by atoms with Crippen LogP contribution in [0.2, 0.25) is 0 Å². The number of likely N-dealkylation sites (tertiary alicyclic amines) is 1. The first-order valence-electron chi connectivity index (χ1n) is 7.69. The maximum absolute atomic E-state index is 12.3. The van der Waals surface area contributed by atoms with Gasteiger partial charge in [0.05, 0.1) is 11.8 Å². The van der Waals surface area contributed by atoms with E-state index in [1.807, 2.05) is 0 Å². The molecule has 0 spiro atoms. The van der Waals surface area contributed by atoms with Crippen LogP contribution in [0.3, 0.4) is 0 Å². The minimum absolute atomic E-state index is 0.0164. The van der Waals surface area contributed by atoms with E-state index in [2.05, 4.69) is 13.8 Å². The molecule has 108 valence electrons.